The number of piperazine rings is 1. The monoisotopic (exact) mass is 422 g/mol. The van der Waals surface area contributed by atoms with Crippen LogP contribution in [-0.2, 0) is 22.5 Å². The van der Waals surface area contributed by atoms with E-state index in [1.807, 2.05) is 12.1 Å². The molecule has 0 aliphatic carbocycles. The first-order chi connectivity index (χ1) is 15.0. The summed E-state index contributed by atoms with van der Waals surface area (Å²) in [6, 6.07) is 12.9. The Balaban J connectivity index is 1.59. The Kier molecular flexibility index (Phi) is 6.23. The first-order valence-electron chi connectivity index (χ1n) is 10.9. The minimum absolute atomic E-state index is 0.197. The Hall–Kier alpha value is -2.93. The molecule has 3 unspecified atom stereocenters. The van der Waals surface area contributed by atoms with Crippen molar-refractivity contribution < 1.29 is 14.3 Å². The number of nitrogens with zero attached hydrogens (tertiary/aromatic N) is 3. The fourth-order valence-electron chi connectivity index (χ4n) is 5.05. The molecule has 7 heteroatoms. The summed E-state index contributed by atoms with van der Waals surface area (Å²) in [5.41, 5.74) is 8.33. The molecule has 2 aromatic rings. The Labute approximate surface area is 183 Å². The van der Waals surface area contributed by atoms with Crippen molar-refractivity contribution in [2.45, 2.75) is 44.8 Å². The third-order valence-electron chi connectivity index (χ3n) is 6.43. The Bertz CT molecular complexity index is 949. The molecule has 1 aromatic heterocycles. The number of amides is 1. The topological polar surface area (TPSA) is 88.8 Å². The number of primary amides is 1. The van der Waals surface area contributed by atoms with E-state index in [2.05, 4.69) is 46.0 Å². The van der Waals surface area contributed by atoms with E-state index in [0.29, 0.717) is 12.0 Å². The Morgan fingerprint density at radius 3 is 2.74 bits per heavy atom. The summed E-state index contributed by atoms with van der Waals surface area (Å²) in [7, 11) is 1.39. The second-order valence-electron chi connectivity index (χ2n) is 8.70. The smallest absolute Gasteiger partial charge is 0.339 e. The number of hydrogen-bond donors (Lipinski definition) is 1. The van der Waals surface area contributed by atoms with E-state index in [1.165, 1.54) is 12.7 Å². The molecule has 2 aliphatic heterocycles. The molecular formula is C24H30N4O3. The van der Waals surface area contributed by atoms with Gasteiger partial charge in [-0.3, -0.25) is 9.69 Å². The fourth-order valence-corrected chi connectivity index (χ4v) is 5.05. The van der Waals surface area contributed by atoms with Gasteiger partial charge in [0.1, 0.15) is 5.82 Å². The van der Waals surface area contributed by atoms with Crippen molar-refractivity contribution in [2.75, 3.05) is 25.1 Å². The van der Waals surface area contributed by atoms with Crippen molar-refractivity contribution >= 4 is 17.7 Å². The summed E-state index contributed by atoms with van der Waals surface area (Å²) in [4.78, 5) is 33.0. The molecule has 2 N–H and O–H groups in total. The normalized spacial score (nSPS) is 21.3. The minimum Gasteiger partial charge on any atom is -0.465 e. The number of anilines is 1. The van der Waals surface area contributed by atoms with E-state index >= 15 is 0 Å². The van der Waals surface area contributed by atoms with Gasteiger partial charge in [0.2, 0.25) is 5.91 Å². The Morgan fingerprint density at radius 1 is 1.26 bits per heavy atom. The van der Waals surface area contributed by atoms with Gasteiger partial charge in [0.15, 0.2) is 0 Å². The lowest BCUT2D eigenvalue weighted by molar-refractivity contribution is -0.119. The highest BCUT2D eigenvalue weighted by Crippen LogP contribution is 2.38. The number of fused-ring (bicyclic) bond motifs is 3. The van der Waals surface area contributed by atoms with Crippen LogP contribution in [0.5, 0.6) is 0 Å². The van der Waals surface area contributed by atoms with E-state index in [9.17, 15) is 9.59 Å². The number of ether oxygens (including phenoxy) is 1. The number of esters is 1. The van der Waals surface area contributed by atoms with E-state index in [0.717, 1.165) is 43.9 Å². The van der Waals surface area contributed by atoms with Gasteiger partial charge < -0.3 is 15.4 Å². The van der Waals surface area contributed by atoms with Crippen LogP contribution in [0.1, 0.15) is 41.3 Å². The molecule has 3 atom stereocenters. The average molecular weight is 423 g/mol. The molecular weight excluding hydrogens is 392 g/mol. The number of aromatic nitrogens is 1. The molecule has 0 bridgehead atoms. The predicted octanol–water partition coefficient (Wildman–Crippen LogP) is 2.39. The van der Waals surface area contributed by atoms with Crippen LogP contribution in [0.15, 0.2) is 42.6 Å². The zero-order valence-electron chi connectivity index (χ0n) is 18.2. The molecule has 1 amide bonds. The van der Waals surface area contributed by atoms with Crippen LogP contribution in [0.3, 0.4) is 0 Å². The van der Waals surface area contributed by atoms with Crippen molar-refractivity contribution in [2.24, 2.45) is 11.7 Å². The van der Waals surface area contributed by atoms with Crippen LogP contribution in [0.4, 0.5) is 5.82 Å². The number of rotatable bonds is 7. The third kappa shape index (κ3) is 4.56. The maximum atomic E-state index is 12.0. The first-order valence-corrected chi connectivity index (χ1v) is 10.9. The molecule has 0 saturated carbocycles. The highest BCUT2D eigenvalue weighted by Gasteiger charge is 2.42. The van der Waals surface area contributed by atoms with Crippen molar-refractivity contribution in [3.05, 3.63) is 59.3 Å². The zero-order valence-corrected chi connectivity index (χ0v) is 18.2. The summed E-state index contributed by atoms with van der Waals surface area (Å²) in [5.74, 6) is 0.541. The standard InChI is InChI=1S/C24H30N4O3/c1-16(11-22(25)29)10-20-21-13-18-12-19(24(30)31-2)14-26-23(18)28(21)9-8-27(20)15-17-6-4-3-5-7-17/h3-7,12,14,16,20-21H,8-11,13,15H2,1-2H3,(H2,25,29). The van der Waals surface area contributed by atoms with Gasteiger partial charge in [0.25, 0.3) is 0 Å². The lowest BCUT2D eigenvalue weighted by atomic mass is 9.89. The van der Waals surface area contributed by atoms with E-state index in [1.54, 1.807) is 6.20 Å². The van der Waals surface area contributed by atoms with Crippen LogP contribution in [0, 0.1) is 5.92 Å². The average Bonchev–Trinajstić information content (AvgIpc) is 3.13. The zero-order chi connectivity index (χ0) is 22.0. The largest absolute Gasteiger partial charge is 0.465 e. The molecule has 2 aliphatic rings. The summed E-state index contributed by atoms with van der Waals surface area (Å²) in [6.45, 7) is 4.77. The number of hydrogen-bond acceptors (Lipinski definition) is 6. The molecule has 4 rings (SSSR count). The highest BCUT2D eigenvalue weighted by molar-refractivity contribution is 5.89. The molecule has 164 valence electrons. The molecule has 0 radical (unpaired) electrons. The van der Waals surface area contributed by atoms with Crippen molar-refractivity contribution in [1.82, 2.24) is 9.88 Å². The van der Waals surface area contributed by atoms with Gasteiger partial charge in [-0.1, -0.05) is 37.3 Å². The van der Waals surface area contributed by atoms with Gasteiger partial charge in [0, 0.05) is 38.3 Å². The van der Waals surface area contributed by atoms with Crippen LogP contribution < -0.4 is 10.6 Å². The van der Waals surface area contributed by atoms with E-state index in [-0.39, 0.29) is 29.9 Å². The number of methoxy groups -OCH3 is 1. The second-order valence-corrected chi connectivity index (χ2v) is 8.70. The molecule has 3 heterocycles. The lowest BCUT2D eigenvalue weighted by Crippen LogP contribution is -2.58. The van der Waals surface area contributed by atoms with Gasteiger partial charge >= 0.3 is 5.97 Å². The van der Waals surface area contributed by atoms with Crippen molar-refractivity contribution in [3.8, 4) is 0 Å². The lowest BCUT2D eigenvalue weighted by Gasteiger charge is -2.46. The molecule has 7 nitrogen and oxygen atoms in total. The van der Waals surface area contributed by atoms with Gasteiger partial charge in [-0.25, -0.2) is 9.78 Å². The number of nitrogens with two attached hydrogens (primary N) is 1. The van der Waals surface area contributed by atoms with Crippen molar-refractivity contribution in [3.63, 3.8) is 0 Å². The van der Waals surface area contributed by atoms with Crippen LogP contribution in [-0.4, -0.2) is 54.0 Å². The second kappa shape index (κ2) is 9.06. The SMILES string of the molecule is COC(=O)c1cnc2c(c1)CC1C(CC(C)CC(N)=O)N(Cc3ccccc3)CCN21. The van der Waals surface area contributed by atoms with Gasteiger partial charge in [-0.15, -0.1) is 0 Å². The quantitative estimate of drug-likeness (QED) is 0.690. The van der Waals surface area contributed by atoms with E-state index < -0.39 is 0 Å². The number of benzene rings is 1. The predicted molar refractivity (Wildman–Crippen MR) is 119 cm³/mol. The minimum atomic E-state index is -0.363. The summed E-state index contributed by atoms with van der Waals surface area (Å²) >= 11 is 0. The molecule has 0 spiro atoms. The number of carbonyl (C=O) groups is 2. The van der Waals surface area contributed by atoms with Gasteiger partial charge in [0.05, 0.1) is 18.7 Å². The fraction of sp³-hybridized carbons (Fsp3) is 0.458. The van der Waals surface area contributed by atoms with Gasteiger partial charge in [-0.2, -0.15) is 0 Å². The van der Waals surface area contributed by atoms with Crippen LogP contribution in [0.25, 0.3) is 0 Å². The number of pyridine rings is 1. The molecule has 1 fully saturated rings. The molecule has 1 saturated heterocycles. The maximum Gasteiger partial charge on any atom is 0.339 e. The van der Waals surface area contributed by atoms with Gasteiger partial charge in [-0.05, 0) is 36.0 Å². The first kappa shape index (κ1) is 21.3. The van der Waals surface area contributed by atoms with Crippen LogP contribution >= 0.6 is 0 Å². The Morgan fingerprint density at radius 2 is 2.03 bits per heavy atom. The maximum absolute atomic E-state index is 12.0. The highest BCUT2D eigenvalue weighted by atomic mass is 16.5. The molecule has 1 aromatic carbocycles. The number of carbonyl (C=O) groups excluding carboxylic acids is 2. The van der Waals surface area contributed by atoms with E-state index in [4.69, 9.17) is 10.5 Å². The summed E-state index contributed by atoms with van der Waals surface area (Å²) in [6.07, 6.45) is 3.70. The molecule has 31 heavy (non-hydrogen) atoms. The summed E-state index contributed by atoms with van der Waals surface area (Å²) in [5, 5.41) is 0. The van der Waals surface area contributed by atoms with Crippen LogP contribution in [0.2, 0.25) is 0 Å². The van der Waals surface area contributed by atoms with Crippen molar-refractivity contribution in [1.29, 1.82) is 0 Å². The third-order valence-corrected chi connectivity index (χ3v) is 6.43. The summed E-state index contributed by atoms with van der Waals surface area (Å²) < 4.78 is 4.86.